The topological polar surface area (TPSA) is 94.0 Å². The van der Waals surface area contributed by atoms with Crippen molar-refractivity contribution in [1.82, 2.24) is 14.7 Å². The minimum atomic E-state index is -0.374. The monoisotopic (exact) mass is 458 g/mol. The molecular formula is C26H26N4O4. The molecule has 0 aliphatic heterocycles. The molecule has 2 heterocycles. The Balaban J connectivity index is 1.34. The highest BCUT2D eigenvalue weighted by Gasteiger charge is 2.13. The van der Waals surface area contributed by atoms with Gasteiger partial charge in [0.2, 0.25) is 5.91 Å². The first-order valence-electron chi connectivity index (χ1n) is 11.1. The van der Waals surface area contributed by atoms with E-state index in [0.29, 0.717) is 36.0 Å². The lowest BCUT2D eigenvalue weighted by molar-refractivity contribution is -0.115. The molecule has 2 N–H and O–H groups in total. The first-order valence-corrected chi connectivity index (χ1v) is 11.1. The number of hydrogen-bond donors (Lipinski definition) is 2. The average molecular weight is 459 g/mol. The summed E-state index contributed by atoms with van der Waals surface area (Å²) in [6, 6.07) is 18.2. The first kappa shape index (κ1) is 22.8. The van der Waals surface area contributed by atoms with Gasteiger partial charge >= 0.3 is 0 Å². The van der Waals surface area contributed by atoms with E-state index < -0.39 is 0 Å². The molecule has 174 valence electrons. The van der Waals surface area contributed by atoms with E-state index in [1.165, 1.54) is 0 Å². The van der Waals surface area contributed by atoms with E-state index in [2.05, 4.69) is 15.6 Å². The smallest absolute Gasteiger partial charge is 0.251 e. The van der Waals surface area contributed by atoms with Gasteiger partial charge in [-0.3, -0.25) is 9.59 Å². The second-order valence-corrected chi connectivity index (χ2v) is 7.43. The van der Waals surface area contributed by atoms with Crippen LogP contribution in [0.15, 0.2) is 73.1 Å². The quantitative estimate of drug-likeness (QED) is 0.393. The number of benzene rings is 2. The number of nitrogens with one attached hydrogen (secondary N) is 2. The summed E-state index contributed by atoms with van der Waals surface area (Å²) in [6.07, 6.45) is 3.90. The van der Waals surface area contributed by atoms with Crippen LogP contribution in [0.25, 0.3) is 16.9 Å². The van der Waals surface area contributed by atoms with E-state index in [1.54, 1.807) is 30.3 Å². The number of rotatable bonds is 9. The van der Waals surface area contributed by atoms with Gasteiger partial charge in [-0.15, -0.1) is 0 Å². The van der Waals surface area contributed by atoms with Crippen LogP contribution in [0.4, 0.5) is 5.69 Å². The van der Waals surface area contributed by atoms with E-state index in [9.17, 15) is 9.59 Å². The highest BCUT2D eigenvalue weighted by atomic mass is 16.5. The van der Waals surface area contributed by atoms with Gasteiger partial charge < -0.3 is 24.5 Å². The van der Waals surface area contributed by atoms with E-state index in [1.807, 2.05) is 61.0 Å². The van der Waals surface area contributed by atoms with Gasteiger partial charge in [0.05, 0.1) is 25.5 Å². The molecule has 0 unspecified atom stereocenters. The van der Waals surface area contributed by atoms with Gasteiger partial charge in [-0.1, -0.05) is 18.2 Å². The van der Waals surface area contributed by atoms with Crippen molar-refractivity contribution in [3.8, 4) is 22.8 Å². The summed E-state index contributed by atoms with van der Waals surface area (Å²) in [6.45, 7) is 4.51. The lowest BCUT2D eigenvalue weighted by Crippen LogP contribution is -2.32. The second kappa shape index (κ2) is 10.5. The zero-order valence-corrected chi connectivity index (χ0v) is 19.1. The van der Waals surface area contributed by atoms with Crippen LogP contribution < -0.4 is 20.1 Å². The summed E-state index contributed by atoms with van der Waals surface area (Å²) in [4.78, 5) is 29.4. The number of carbonyl (C=O) groups excluding carboxylic acids is 2. The molecule has 8 heteroatoms. The summed E-state index contributed by atoms with van der Waals surface area (Å²) in [5.74, 6) is 0.365. The molecule has 4 aromatic rings. The van der Waals surface area contributed by atoms with Crippen molar-refractivity contribution in [3.05, 3.63) is 78.6 Å². The summed E-state index contributed by atoms with van der Waals surface area (Å²) >= 11 is 0. The maximum Gasteiger partial charge on any atom is 0.251 e. The Bertz CT molecular complexity index is 1260. The van der Waals surface area contributed by atoms with Gasteiger partial charge in [-0.2, -0.15) is 0 Å². The number of aromatic nitrogens is 2. The van der Waals surface area contributed by atoms with Gasteiger partial charge in [0, 0.05) is 29.2 Å². The lowest BCUT2D eigenvalue weighted by Gasteiger charge is -2.12. The predicted octanol–water partition coefficient (Wildman–Crippen LogP) is 4.17. The maximum atomic E-state index is 12.5. The molecule has 0 aliphatic rings. The van der Waals surface area contributed by atoms with Gasteiger partial charge in [0.1, 0.15) is 5.65 Å². The van der Waals surface area contributed by atoms with Crippen molar-refractivity contribution < 1.29 is 19.1 Å². The molecule has 34 heavy (non-hydrogen) atoms. The zero-order chi connectivity index (χ0) is 23.9. The van der Waals surface area contributed by atoms with Crippen molar-refractivity contribution in [1.29, 1.82) is 0 Å². The molecular weight excluding hydrogens is 432 g/mol. The van der Waals surface area contributed by atoms with Crippen LogP contribution in [0.3, 0.4) is 0 Å². The number of imidazole rings is 1. The fraction of sp³-hybridized carbons (Fsp3) is 0.192. The number of amides is 2. The number of hydrogen-bond acceptors (Lipinski definition) is 5. The summed E-state index contributed by atoms with van der Waals surface area (Å²) in [5.41, 5.74) is 3.67. The van der Waals surface area contributed by atoms with E-state index >= 15 is 0 Å². The minimum absolute atomic E-state index is 0.163. The molecule has 2 amide bonds. The highest BCUT2D eigenvalue weighted by molar-refractivity contribution is 5.99. The van der Waals surface area contributed by atoms with Gasteiger partial charge in [-0.25, -0.2) is 4.98 Å². The van der Waals surface area contributed by atoms with Crippen LogP contribution in [-0.2, 0) is 4.79 Å². The Hall–Kier alpha value is -4.33. The highest BCUT2D eigenvalue weighted by Crippen LogP contribution is 2.28. The number of nitrogens with zero attached hydrogens (tertiary/aromatic N) is 2. The Morgan fingerprint density at radius 2 is 1.71 bits per heavy atom. The molecule has 0 saturated carbocycles. The van der Waals surface area contributed by atoms with Gasteiger partial charge in [-0.05, 0) is 56.3 Å². The van der Waals surface area contributed by atoms with E-state index in [4.69, 9.17) is 9.47 Å². The molecule has 4 rings (SSSR count). The van der Waals surface area contributed by atoms with Crippen molar-refractivity contribution in [2.24, 2.45) is 0 Å². The Labute approximate surface area is 197 Å². The van der Waals surface area contributed by atoms with Gasteiger partial charge in [0.15, 0.2) is 11.5 Å². The SMILES string of the molecule is CCOc1ccc(C(=O)NCC(=O)Nc2ccc(-c3cn4ccccc4n3)cc2)cc1OCC. The zero-order valence-electron chi connectivity index (χ0n) is 19.1. The van der Waals surface area contributed by atoms with Crippen LogP contribution >= 0.6 is 0 Å². The summed E-state index contributed by atoms with van der Waals surface area (Å²) in [7, 11) is 0. The maximum absolute atomic E-state index is 12.5. The van der Waals surface area contributed by atoms with Crippen LogP contribution in [0.1, 0.15) is 24.2 Å². The Morgan fingerprint density at radius 1 is 0.941 bits per heavy atom. The van der Waals surface area contributed by atoms with Crippen molar-refractivity contribution in [2.45, 2.75) is 13.8 Å². The molecule has 2 aromatic carbocycles. The standard InChI is InChI=1S/C26H26N4O4/c1-3-33-22-13-10-19(15-23(22)34-4-2)26(32)27-16-25(31)28-20-11-8-18(9-12-20)21-17-30-14-6-5-7-24(30)29-21/h5-15,17H,3-4,16H2,1-2H3,(H,27,32)(H,28,31). The Kier molecular flexibility index (Phi) is 7.07. The van der Waals surface area contributed by atoms with E-state index in [-0.39, 0.29) is 18.4 Å². The molecule has 8 nitrogen and oxygen atoms in total. The fourth-order valence-corrected chi connectivity index (χ4v) is 3.46. The minimum Gasteiger partial charge on any atom is -0.490 e. The van der Waals surface area contributed by atoms with Gasteiger partial charge in [0.25, 0.3) is 5.91 Å². The predicted molar refractivity (Wildman–Crippen MR) is 130 cm³/mol. The molecule has 0 saturated heterocycles. The summed E-state index contributed by atoms with van der Waals surface area (Å²) in [5, 5.41) is 5.42. The molecule has 0 bridgehead atoms. The molecule has 0 atom stereocenters. The van der Waals surface area contributed by atoms with Crippen LogP contribution in [0.2, 0.25) is 0 Å². The Morgan fingerprint density at radius 3 is 2.44 bits per heavy atom. The first-order chi connectivity index (χ1) is 16.6. The molecule has 0 aliphatic carbocycles. The van der Waals surface area contributed by atoms with Crippen LogP contribution in [0.5, 0.6) is 11.5 Å². The third-order valence-electron chi connectivity index (χ3n) is 5.04. The second-order valence-electron chi connectivity index (χ2n) is 7.43. The number of carbonyl (C=O) groups is 2. The molecule has 0 spiro atoms. The number of fused-ring (bicyclic) bond motifs is 1. The number of anilines is 1. The van der Waals surface area contributed by atoms with Crippen LogP contribution in [0, 0.1) is 0 Å². The summed E-state index contributed by atoms with van der Waals surface area (Å²) < 4.78 is 13.0. The average Bonchev–Trinajstić information content (AvgIpc) is 3.29. The molecule has 0 fully saturated rings. The van der Waals surface area contributed by atoms with Crippen molar-refractivity contribution in [3.63, 3.8) is 0 Å². The number of pyridine rings is 1. The van der Waals surface area contributed by atoms with E-state index in [0.717, 1.165) is 16.9 Å². The van der Waals surface area contributed by atoms with Crippen molar-refractivity contribution >= 4 is 23.1 Å². The largest absolute Gasteiger partial charge is 0.490 e. The fourth-order valence-electron chi connectivity index (χ4n) is 3.46. The number of ether oxygens (including phenoxy) is 2. The van der Waals surface area contributed by atoms with Crippen molar-refractivity contribution in [2.75, 3.05) is 25.1 Å². The lowest BCUT2D eigenvalue weighted by atomic mass is 10.1. The third kappa shape index (κ3) is 5.35. The van der Waals surface area contributed by atoms with Crippen LogP contribution in [-0.4, -0.2) is 41.0 Å². The third-order valence-corrected chi connectivity index (χ3v) is 5.04. The molecule has 0 radical (unpaired) electrons. The normalized spacial score (nSPS) is 10.6. The molecule has 2 aromatic heterocycles.